The molecular weight excluding hydrogens is 312 g/mol. The molecule has 0 aliphatic carbocycles. The molecule has 3 aromatic rings. The molecule has 2 N–H and O–H groups in total. The van der Waals surface area contributed by atoms with E-state index in [1.165, 1.54) is 4.57 Å². The highest BCUT2D eigenvalue weighted by atomic mass is 32.1. The van der Waals surface area contributed by atoms with Gasteiger partial charge in [-0.1, -0.05) is 12.1 Å². The van der Waals surface area contributed by atoms with E-state index < -0.39 is 0 Å². The summed E-state index contributed by atoms with van der Waals surface area (Å²) in [5.41, 5.74) is 6.78. The summed E-state index contributed by atoms with van der Waals surface area (Å²) in [6.45, 7) is 2.32. The first-order chi connectivity index (χ1) is 11.2. The van der Waals surface area contributed by atoms with Gasteiger partial charge >= 0.3 is 0 Å². The van der Waals surface area contributed by atoms with Crippen LogP contribution in [-0.4, -0.2) is 15.5 Å². The topological polar surface area (TPSA) is 76.0 Å². The summed E-state index contributed by atoms with van der Waals surface area (Å²) < 4.78 is 1.49. The van der Waals surface area contributed by atoms with Crippen LogP contribution < -0.4 is 16.4 Å². The predicted octanol–water partition coefficient (Wildman–Crippen LogP) is 2.16. The number of para-hydroxylation sites is 1. The van der Waals surface area contributed by atoms with Gasteiger partial charge in [0.15, 0.2) is 0 Å². The molecule has 2 aromatic heterocycles. The molecular formula is C16H16N4O2S. The fourth-order valence-corrected chi connectivity index (χ4v) is 2.97. The average Bonchev–Trinajstić information content (AvgIpc) is 3.06. The predicted molar refractivity (Wildman–Crippen MR) is 91.5 cm³/mol. The summed E-state index contributed by atoms with van der Waals surface area (Å²) >= 11 is 1.55. The second-order valence-electron chi connectivity index (χ2n) is 4.98. The van der Waals surface area contributed by atoms with Crippen LogP contribution in [0.1, 0.15) is 12.5 Å². The second kappa shape index (κ2) is 6.62. The van der Waals surface area contributed by atoms with Gasteiger partial charge < -0.3 is 0 Å². The Morgan fingerprint density at radius 1 is 1.30 bits per heavy atom. The van der Waals surface area contributed by atoms with Gasteiger partial charge in [0.05, 0.1) is 17.3 Å². The van der Waals surface area contributed by atoms with E-state index in [1.807, 2.05) is 29.8 Å². The van der Waals surface area contributed by atoms with Crippen molar-refractivity contribution in [1.29, 1.82) is 0 Å². The lowest BCUT2D eigenvalue weighted by Gasteiger charge is -2.13. The molecule has 0 bridgehead atoms. The molecule has 118 valence electrons. The maximum Gasteiger partial charge on any atom is 0.262 e. The molecule has 0 aliphatic heterocycles. The number of rotatable bonds is 5. The molecule has 1 aromatic carbocycles. The largest absolute Gasteiger partial charge is 0.277 e. The quantitative estimate of drug-likeness (QED) is 0.704. The van der Waals surface area contributed by atoms with Crippen molar-refractivity contribution >= 4 is 34.1 Å². The maximum absolute atomic E-state index is 12.5. The van der Waals surface area contributed by atoms with Crippen LogP contribution in [0.3, 0.4) is 0 Å². The molecule has 0 spiro atoms. The monoisotopic (exact) mass is 328 g/mol. The Balaban J connectivity index is 1.82. The van der Waals surface area contributed by atoms with Crippen LogP contribution >= 0.6 is 11.3 Å². The van der Waals surface area contributed by atoms with Crippen LogP contribution in [0.15, 0.2) is 45.9 Å². The van der Waals surface area contributed by atoms with Gasteiger partial charge in [-0.2, -0.15) is 11.3 Å². The molecule has 7 heteroatoms. The SMILES string of the molecule is CCn1c(NNC(=O)Cc2ccsc2)nc2ccccc2c1=O. The molecule has 6 nitrogen and oxygen atoms in total. The number of fused-ring (bicyclic) bond motifs is 1. The number of benzene rings is 1. The van der Waals surface area contributed by atoms with E-state index in [-0.39, 0.29) is 17.9 Å². The molecule has 0 unspecified atom stereocenters. The van der Waals surface area contributed by atoms with Gasteiger partial charge in [-0.25, -0.2) is 4.98 Å². The van der Waals surface area contributed by atoms with E-state index in [2.05, 4.69) is 15.8 Å². The van der Waals surface area contributed by atoms with E-state index in [0.717, 1.165) is 5.56 Å². The Morgan fingerprint density at radius 3 is 2.87 bits per heavy atom. The zero-order valence-corrected chi connectivity index (χ0v) is 13.4. The first-order valence-corrected chi connectivity index (χ1v) is 8.19. The Labute approximate surface area is 136 Å². The second-order valence-corrected chi connectivity index (χ2v) is 5.76. The van der Waals surface area contributed by atoms with Gasteiger partial charge in [0.2, 0.25) is 11.9 Å². The van der Waals surface area contributed by atoms with Gasteiger partial charge in [-0.15, -0.1) is 0 Å². The average molecular weight is 328 g/mol. The van der Waals surface area contributed by atoms with Crippen molar-refractivity contribution in [3.8, 4) is 0 Å². The highest BCUT2D eigenvalue weighted by Gasteiger charge is 2.10. The normalized spacial score (nSPS) is 10.7. The molecule has 0 radical (unpaired) electrons. The van der Waals surface area contributed by atoms with Crippen molar-refractivity contribution < 1.29 is 4.79 Å². The van der Waals surface area contributed by atoms with Crippen molar-refractivity contribution in [1.82, 2.24) is 15.0 Å². The van der Waals surface area contributed by atoms with Gasteiger partial charge in [0, 0.05) is 6.54 Å². The number of hydrazine groups is 1. The number of hydrogen-bond donors (Lipinski definition) is 2. The van der Waals surface area contributed by atoms with Crippen LogP contribution in [0.5, 0.6) is 0 Å². The Kier molecular flexibility index (Phi) is 4.38. The number of nitrogens with one attached hydrogen (secondary N) is 2. The number of carbonyl (C=O) groups is 1. The summed E-state index contributed by atoms with van der Waals surface area (Å²) in [6, 6.07) is 9.05. The molecule has 2 heterocycles. The third kappa shape index (κ3) is 3.24. The first-order valence-electron chi connectivity index (χ1n) is 7.24. The number of amides is 1. The van der Waals surface area contributed by atoms with Gasteiger partial charge in [-0.3, -0.25) is 25.0 Å². The lowest BCUT2D eigenvalue weighted by atomic mass is 10.2. The highest BCUT2D eigenvalue weighted by Crippen LogP contribution is 2.10. The Morgan fingerprint density at radius 2 is 2.13 bits per heavy atom. The summed E-state index contributed by atoms with van der Waals surface area (Å²) in [4.78, 5) is 28.8. The van der Waals surface area contributed by atoms with Crippen molar-refractivity contribution in [2.75, 3.05) is 5.43 Å². The molecule has 0 aliphatic rings. The standard InChI is InChI=1S/C16H16N4O2S/c1-2-20-15(22)12-5-3-4-6-13(12)17-16(20)19-18-14(21)9-11-7-8-23-10-11/h3-8,10H,2,9H2,1H3,(H,17,19)(H,18,21). The zero-order chi connectivity index (χ0) is 16.2. The molecule has 1 amide bonds. The lowest BCUT2D eigenvalue weighted by molar-refractivity contribution is -0.119. The number of aromatic nitrogens is 2. The molecule has 3 rings (SSSR count). The van der Waals surface area contributed by atoms with Crippen LogP contribution in [0.2, 0.25) is 0 Å². The highest BCUT2D eigenvalue weighted by molar-refractivity contribution is 7.08. The van der Waals surface area contributed by atoms with Gasteiger partial charge in [0.1, 0.15) is 0 Å². The lowest BCUT2D eigenvalue weighted by Crippen LogP contribution is -2.35. The van der Waals surface area contributed by atoms with Crippen LogP contribution in [0.25, 0.3) is 10.9 Å². The van der Waals surface area contributed by atoms with Gasteiger partial charge in [-0.05, 0) is 41.4 Å². The number of hydrogen-bond acceptors (Lipinski definition) is 5. The minimum atomic E-state index is -0.187. The fourth-order valence-electron chi connectivity index (χ4n) is 2.31. The molecule has 23 heavy (non-hydrogen) atoms. The zero-order valence-electron chi connectivity index (χ0n) is 12.6. The van der Waals surface area contributed by atoms with E-state index in [0.29, 0.717) is 23.4 Å². The summed E-state index contributed by atoms with van der Waals surface area (Å²) in [5, 5.41) is 4.41. The fraction of sp³-hybridized carbons (Fsp3) is 0.188. The third-order valence-corrected chi connectivity index (χ3v) is 4.17. The van der Waals surface area contributed by atoms with E-state index in [1.54, 1.807) is 29.5 Å². The number of carbonyl (C=O) groups excluding carboxylic acids is 1. The number of thiophene rings is 1. The molecule has 0 fully saturated rings. The van der Waals surface area contributed by atoms with Crippen LogP contribution in [-0.2, 0) is 17.8 Å². The van der Waals surface area contributed by atoms with Crippen LogP contribution in [0.4, 0.5) is 5.95 Å². The molecule has 0 saturated carbocycles. The number of nitrogens with zero attached hydrogens (tertiary/aromatic N) is 2. The molecule has 0 saturated heterocycles. The Bertz CT molecular complexity index is 887. The van der Waals surface area contributed by atoms with Crippen LogP contribution in [0, 0.1) is 0 Å². The van der Waals surface area contributed by atoms with Crippen molar-refractivity contribution in [2.45, 2.75) is 19.9 Å². The summed E-state index contributed by atoms with van der Waals surface area (Å²) in [6.07, 6.45) is 0.278. The van der Waals surface area contributed by atoms with Crippen molar-refractivity contribution in [2.24, 2.45) is 0 Å². The minimum absolute atomic E-state index is 0.132. The van der Waals surface area contributed by atoms with Gasteiger partial charge in [0.25, 0.3) is 5.56 Å². The molecule has 0 atom stereocenters. The third-order valence-electron chi connectivity index (χ3n) is 3.44. The first kappa shape index (κ1) is 15.2. The minimum Gasteiger partial charge on any atom is -0.277 e. The summed E-state index contributed by atoms with van der Waals surface area (Å²) in [7, 11) is 0. The summed E-state index contributed by atoms with van der Waals surface area (Å²) in [5.74, 6) is 0.142. The maximum atomic E-state index is 12.5. The van der Waals surface area contributed by atoms with E-state index in [4.69, 9.17) is 0 Å². The van der Waals surface area contributed by atoms with Crippen molar-refractivity contribution in [3.05, 3.63) is 57.0 Å². The van der Waals surface area contributed by atoms with Crippen molar-refractivity contribution in [3.63, 3.8) is 0 Å². The number of anilines is 1. The Hall–Kier alpha value is -2.67. The van der Waals surface area contributed by atoms with E-state index in [9.17, 15) is 9.59 Å². The smallest absolute Gasteiger partial charge is 0.262 e. The van der Waals surface area contributed by atoms with E-state index >= 15 is 0 Å².